The van der Waals surface area contributed by atoms with E-state index in [0.717, 1.165) is 15.1 Å². The SMILES string of the molecule is C=CCSc1nnc(NC(=O)CN(C)S(=O)(=O)c2ccc3ccccc3c2)s1. The molecule has 28 heavy (non-hydrogen) atoms. The van der Waals surface area contributed by atoms with Gasteiger partial charge in [-0.25, -0.2) is 8.42 Å². The first kappa shape index (κ1) is 20.5. The molecule has 10 heteroatoms. The minimum absolute atomic E-state index is 0.139. The van der Waals surface area contributed by atoms with E-state index in [2.05, 4.69) is 22.1 Å². The molecule has 0 radical (unpaired) electrons. The first-order chi connectivity index (χ1) is 13.4. The Bertz CT molecular complexity index is 1110. The highest BCUT2D eigenvalue weighted by atomic mass is 32.2. The first-order valence-electron chi connectivity index (χ1n) is 8.22. The Morgan fingerprint density at radius 3 is 2.75 bits per heavy atom. The van der Waals surface area contributed by atoms with Crippen LogP contribution in [0.5, 0.6) is 0 Å². The molecule has 0 aliphatic carbocycles. The third-order valence-electron chi connectivity index (χ3n) is 3.77. The predicted molar refractivity (Wildman–Crippen MR) is 113 cm³/mol. The van der Waals surface area contributed by atoms with Gasteiger partial charge < -0.3 is 0 Å². The summed E-state index contributed by atoms with van der Waals surface area (Å²) in [6, 6.07) is 12.4. The Morgan fingerprint density at radius 2 is 2.00 bits per heavy atom. The monoisotopic (exact) mass is 434 g/mol. The van der Waals surface area contributed by atoms with Gasteiger partial charge in [0.05, 0.1) is 11.4 Å². The molecule has 146 valence electrons. The van der Waals surface area contributed by atoms with E-state index in [-0.39, 0.29) is 11.4 Å². The third kappa shape index (κ3) is 4.76. The van der Waals surface area contributed by atoms with Gasteiger partial charge in [-0.05, 0) is 22.9 Å². The minimum atomic E-state index is -3.80. The Kier molecular flexibility index (Phi) is 6.45. The van der Waals surface area contributed by atoms with E-state index in [1.807, 2.05) is 24.3 Å². The molecule has 1 amide bonds. The summed E-state index contributed by atoms with van der Waals surface area (Å²) in [5.74, 6) is 0.207. The van der Waals surface area contributed by atoms with Gasteiger partial charge >= 0.3 is 0 Å². The van der Waals surface area contributed by atoms with E-state index in [4.69, 9.17) is 0 Å². The number of carbonyl (C=O) groups excluding carboxylic acids is 1. The van der Waals surface area contributed by atoms with Crippen LogP contribution in [0.15, 0.2) is 64.4 Å². The number of likely N-dealkylation sites (N-methyl/N-ethyl adjacent to an activating group) is 1. The normalized spacial score (nSPS) is 11.6. The van der Waals surface area contributed by atoms with E-state index in [9.17, 15) is 13.2 Å². The van der Waals surface area contributed by atoms with Crippen molar-refractivity contribution in [3.05, 3.63) is 55.1 Å². The first-order valence-corrected chi connectivity index (χ1v) is 11.5. The molecule has 0 aliphatic heterocycles. The lowest BCUT2D eigenvalue weighted by Crippen LogP contribution is -2.34. The molecule has 1 aromatic heterocycles. The second kappa shape index (κ2) is 8.82. The van der Waals surface area contributed by atoms with Crippen molar-refractivity contribution in [3.63, 3.8) is 0 Å². The number of hydrogen-bond acceptors (Lipinski definition) is 7. The van der Waals surface area contributed by atoms with Crippen LogP contribution in [-0.4, -0.2) is 48.2 Å². The number of aromatic nitrogens is 2. The molecule has 7 nitrogen and oxygen atoms in total. The van der Waals surface area contributed by atoms with Crippen molar-refractivity contribution in [1.29, 1.82) is 0 Å². The average Bonchev–Trinajstić information content (AvgIpc) is 3.12. The predicted octanol–water partition coefficient (Wildman–Crippen LogP) is 3.23. The van der Waals surface area contributed by atoms with E-state index in [1.165, 1.54) is 30.1 Å². The zero-order valence-corrected chi connectivity index (χ0v) is 17.5. The van der Waals surface area contributed by atoms with Crippen LogP contribution in [0.2, 0.25) is 0 Å². The van der Waals surface area contributed by atoms with Crippen LogP contribution in [0, 0.1) is 0 Å². The number of benzene rings is 2. The quantitative estimate of drug-likeness (QED) is 0.332. The van der Waals surface area contributed by atoms with Gasteiger partial charge in [0.15, 0.2) is 4.34 Å². The molecular formula is C18H18N4O3S3. The molecule has 0 spiro atoms. The van der Waals surface area contributed by atoms with Crippen LogP contribution in [0.3, 0.4) is 0 Å². The van der Waals surface area contributed by atoms with Crippen molar-refractivity contribution in [2.24, 2.45) is 0 Å². The van der Waals surface area contributed by atoms with Crippen LogP contribution in [-0.2, 0) is 14.8 Å². The Labute approximate surface area is 171 Å². The Morgan fingerprint density at radius 1 is 1.25 bits per heavy atom. The minimum Gasteiger partial charge on any atom is -0.299 e. The fourth-order valence-corrected chi connectivity index (χ4v) is 5.09. The second-order valence-corrected chi connectivity index (χ2v) is 10.1. The molecule has 0 aliphatic rings. The molecular weight excluding hydrogens is 416 g/mol. The number of thioether (sulfide) groups is 1. The van der Waals surface area contributed by atoms with E-state index in [1.54, 1.807) is 24.3 Å². The maximum atomic E-state index is 12.8. The molecule has 0 atom stereocenters. The van der Waals surface area contributed by atoms with Gasteiger partial charge in [0.25, 0.3) is 0 Å². The maximum absolute atomic E-state index is 12.8. The summed E-state index contributed by atoms with van der Waals surface area (Å²) in [5, 5.41) is 12.5. The number of hydrogen-bond donors (Lipinski definition) is 1. The zero-order chi connectivity index (χ0) is 20.1. The smallest absolute Gasteiger partial charge is 0.243 e. The number of anilines is 1. The number of sulfonamides is 1. The lowest BCUT2D eigenvalue weighted by atomic mass is 10.1. The van der Waals surface area contributed by atoms with Gasteiger partial charge in [-0.15, -0.1) is 16.8 Å². The lowest BCUT2D eigenvalue weighted by molar-refractivity contribution is -0.116. The summed E-state index contributed by atoms with van der Waals surface area (Å²) in [6.07, 6.45) is 1.75. The van der Waals surface area contributed by atoms with Crippen LogP contribution < -0.4 is 5.32 Å². The van der Waals surface area contributed by atoms with Gasteiger partial charge in [-0.1, -0.05) is 59.5 Å². The van der Waals surface area contributed by atoms with Crippen molar-refractivity contribution in [2.75, 3.05) is 24.7 Å². The maximum Gasteiger partial charge on any atom is 0.243 e. The average molecular weight is 435 g/mol. The highest BCUT2D eigenvalue weighted by Crippen LogP contribution is 2.25. The molecule has 1 N–H and O–H groups in total. The summed E-state index contributed by atoms with van der Waals surface area (Å²) >= 11 is 2.68. The van der Waals surface area contributed by atoms with Gasteiger partial charge in [0.2, 0.25) is 21.1 Å². The van der Waals surface area contributed by atoms with E-state index in [0.29, 0.717) is 15.2 Å². The van der Waals surface area contributed by atoms with Crippen molar-refractivity contribution in [2.45, 2.75) is 9.24 Å². The van der Waals surface area contributed by atoms with Crippen molar-refractivity contribution >= 4 is 54.9 Å². The molecule has 0 fully saturated rings. The fourth-order valence-electron chi connectivity index (χ4n) is 2.40. The van der Waals surface area contributed by atoms with Crippen LogP contribution >= 0.6 is 23.1 Å². The summed E-state index contributed by atoms with van der Waals surface area (Å²) in [4.78, 5) is 12.4. The largest absolute Gasteiger partial charge is 0.299 e. The molecule has 3 aromatic rings. The van der Waals surface area contributed by atoms with Crippen LogP contribution in [0.25, 0.3) is 10.8 Å². The van der Waals surface area contributed by atoms with Crippen LogP contribution in [0.1, 0.15) is 0 Å². The Balaban J connectivity index is 1.68. The second-order valence-electron chi connectivity index (χ2n) is 5.79. The topological polar surface area (TPSA) is 92.3 Å². The summed E-state index contributed by atoms with van der Waals surface area (Å²) in [6.45, 7) is 3.30. The van der Waals surface area contributed by atoms with Crippen molar-refractivity contribution < 1.29 is 13.2 Å². The number of amides is 1. The standard InChI is InChI=1S/C18H18N4O3S3/c1-3-10-26-18-21-20-17(27-18)19-16(23)12-22(2)28(24,25)15-9-8-13-6-4-5-7-14(13)11-15/h3-9,11H,1,10,12H2,2H3,(H,19,20,23). The van der Waals surface area contributed by atoms with Crippen molar-refractivity contribution in [3.8, 4) is 0 Å². The molecule has 0 saturated carbocycles. The van der Waals surface area contributed by atoms with Crippen molar-refractivity contribution in [1.82, 2.24) is 14.5 Å². The third-order valence-corrected chi connectivity index (χ3v) is 7.54. The molecule has 0 saturated heterocycles. The van der Waals surface area contributed by atoms with Crippen LogP contribution in [0.4, 0.5) is 5.13 Å². The lowest BCUT2D eigenvalue weighted by Gasteiger charge is -2.16. The molecule has 0 bridgehead atoms. The fraction of sp³-hybridized carbons (Fsp3) is 0.167. The number of nitrogens with one attached hydrogen (secondary N) is 1. The molecule has 0 unspecified atom stereocenters. The number of rotatable bonds is 8. The van der Waals surface area contributed by atoms with Gasteiger partial charge in [0, 0.05) is 12.8 Å². The highest BCUT2D eigenvalue weighted by molar-refractivity contribution is 8.01. The summed E-state index contributed by atoms with van der Waals surface area (Å²) < 4.78 is 27.3. The van der Waals surface area contributed by atoms with E-state index < -0.39 is 15.9 Å². The van der Waals surface area contributed by atoms with Gasteiger partial charge in [-0.3, -0.25) is 10.1 Å². The Hall–Kier alpha value is -2.27. The van der Waals surface area contributed by atoms with Gasteiger partial charge in [0.1, 0.15) is 0 Å². The number of fused-ring (bicyclic) bond motifs is 1. The molecule has 3 rings (SSSR count). The number of carbonyl (C=O) groups is 1. The molecule has 1 heterocycles. The summed E-state index contributed by atoms with van der Waals surface area (Å²) in [5.41, 5.74) is 0. The molecule has 2 aromatic carbocycles. The summed E-state index contributed by atoms with van der Waals surface area (Å²) in [7, 11) is -2.43. The zero-order valence-electron chi connectivity index (χ0n) is 15.0. The highest BCUT2D eigenvalue weighted by Gasteiger charge is 2.23. The van der Waals surface area contributed by atoms with Gasteiger partial charge in [-0.2, -0.15) is 4.31 Å². The van der Waals surface area contributed by atoms with E-state index >= 15 is 0 Å². The number of nitrogens with zero attached hydrogens (tertiary/aromatic N) is 3.